The van der Waals surface area contributed by atoms with Crippen LogP contribution < -0.4 is 11.1 Å². The van der Waals surface area contributed by atoms with Gasteiger partial charge >= 0.3 is 0 Å². The highest BCUT2D eigenvalue weighted by molar-refractivity contribution is 7.99. The van der Waals surface area contributed by atoms with Crippen molar-refractivity contribution >= 4 is 23.5 Å². The summed E-state index contributed by atoms with van der Waals surface area (Å²) >= 11 is 1.81. The van der Waals surface area contributed by atoms with Crippen molar-refractivity contribution in [2.24, 2.45) is 0 Å². The molecule has 1 aromatic heterocycles. The van der Waals surface area contributed by atoms with E-state index >= 15 is 0 Å². The molecule has 1 rings (SSSR count). The molecule has 1 heterocycles. The molecular formula is C8H14N4S. The number of thioether (sulfide) groups is 1. The van der Waals surface area contributed by atoms with Crippen LogP contribution in [0.3, 0.4) is 0 Å². The van der Waals surface area contributed by atoms with Gasteiger partial charge in [-0.25, -0.2) is 4.98 Å². The number of hydrogen-bond acceptors (Lipinski definition) is 5. The smallest absolute Gasteiger partial charge is 0.221 e. The highest BCUT2D eigenvalue weighted by atomic mass is 32.2. The van der Waals surface area contributed by atoms with E-state index < -0.39 is 0 Å². The summed E-state index contributed by atoms with van der Waals surface area (Å²) in [7, 11) is 0. The van der Waals surface area contributed by atoms with Crippen molar-refractivity contribution in [2.45, 2.75) is 12.2 Å². The zero-order valence-corrected chi connectivity index (χ0v) is 8.64. The lowest BCUT2D eigenvalue weighted by Crippen LogP contribution is -2.13. The van der Waals surface area contributed by atoms with Crippen LogP contribution in [0.15, 0.2) is 12.3 Å². The Balaban J connectivity index is 2.45. The molecule has 0 saturated heterocycles. The number of nitrogens with one attached hydrogen (secondary N) is 1. The fourth-order valence-corrected chi connectivity index (χ4v) is 1.05. The first-order valence-corrected chi connectivity index (χ1v) is 5.36. The zero-order chi connectivity index (χ0) is 9.68. The first-order valence-electron chi connectivity index (χ1n) is 4.07. The second kappa shape index (κ2) is 4.91. The molecule has 1 atom stereocenters. The second-order valence-electron chi connectivity index (χ2n) is 2.73. The highest BCUT2D eigenvalue weighted by Crippen LogP contribution is 2.07. The van der Waals surface area contributed by atoms with Crippen LogP contribution >= 0.6 is 11.8 Å². The molecule has 0 radical (unpaired) electrons. The Morgan fingerprint density at radius 1 is 1.69 bits per heavy atom. The van der Waals surface area contributed by atoms with Crippen molar-refractivity contribution < 1.29 is 0 Å². The molecule has 3 N–H and O–H groups in total. The van der Waals surface area contributed by atoms with Gasteiger partial charge in [-0.05, 0) is 12.3 Å². The molecule has 13 heavy (non-hydrogen) atoms. The lowest BCUT2D eigenvalue weighted by Gasteiger charge is -2.09. The van der Waals surface area contributed by atoms with Crippen molar-refractivity contribution in [3.05, 3.63) is 12.3 Å². The molecular weight excluding hydrogens is 184 g/mol. The van der Waals surface area contributed by atoms with Gasteiger partial charge in [-0.1, -0.05) is 6.92 Å². The third kappa shape index (κ3) is 3.50. The van der Waals surface area contributed by atoms with Crippen molar-refractivity contribution in [1.82, 2.24) is 9.97 Å². The summed E-state index contributed by atoms with van der Waals surface area (Å²) in [5.41, 5.74) is 5.43. The van der Waals surface area contributed by atoms with Crippen molar-refractivity contribution in [2.75, 3.05) is 23.9 Å². The zero-order valence-electron chi connectivity index (χ0n) is 7.82. The highest BCUT2D eigenvalue weighted by Gasteiger charge is 1.99. The van der Waals surface area contributed by atoms with E-state index in [1.807, 2.05) is 17.8 Å². The van der Waals surface area contributed by atoms with Crippen LogP contribution in [-0.2, 0) is 0 Å². The molecule has 5 heteroatoms. The van der Waals surface area contributed by atoms with Gasteiger partial charge in [-0.2, -0.15) is 16.7 Å². The van der Waals surface area contributed by atoms with E-state index in [0.717, 1.165) is 12.4 Å². The first kappa shape index (κ1) is 10.1. The quantitative estimate of drug-likeness (QED) is 0.761. The van der Waals surface area contributed by atoms with Crippen molar-refractivity contribution in [3.8, 4) is 0 Å². The minimum Gasteiger partial charge on any atom is -0.369 e. The summed E-state index contributed by atoms with van der Waals surface area (Å²) in [6.07, 6.45) is 3.73. The van der Waals surface area contributed by atoms with Gasteiger partial charge in [-0.3, -0.25) is 0 Å². The Morgan fingerprint density at radius 2 is 2.46 bits per heavy atom. The van der Waals surface area contributed by atoms with Crippen molar-refractivity contribution in [3.63, 3.8) is 0 Å². The van der Waals surface area contributed by atoms with Gasteiger partial charge in [-0.15, -0.1) is 0 Å². The first-order chi connectivity index (χ1) is 6.22. The maximum absolute atomic E-state index is 5.43. The number of nitrogens with two attached hydrogens (primary N) is 1. The summed E-state index contributed by atoms with van der Waals surface area (Å²) in [5.74, 6) is 1.09. The van der Waals surface area contributed by atoms with E-state index in [2.05, 4.69) is 28.5 Å². The van der Waals surface area contributed by atoms with Crippen LogP contribution in [0.2, 0.25) is 0 Å². The molecule has 1 unspecified atom stereocenters. The Morgan fingerprint density at radius 3 is 3.08 bits per heavy atom. The van der Waals surface area contributed by atoms with Gasteiger partial charge in [0.1, 0.15) is 5.82 Å². The van der Waals surface area contributed by atoms with Crippen LogP contribution in [0.4, 0.5) is 11.8 Å². The number of rotatable bonds is 4. The van der Waals surface area contributed by atoms with Crippen LogP contribution in [0.5, 0.6) is 0 Å². The average molecular weight is 198 g/mol. The Labute approximate surface area is 82.3 Å². The Kier molecular flexibility index (Phi) is 3.82. The summed E-state index contributed by atoms with van der Waals surface area (Å²) in [5, 5.41) is 3.75. The molecule has 1 aromatic rings. The predicted molar refractivity (Wildman–Crippen MR) is 57.9 cm³/mol. The van der Waals surface area contributed by atoms with E-state index in [0.29, 0.717) is 11.2 Å². The van der Waals surface area contributed by atoms with Crippen molar-refractivity contribution in [1.29, 1.82) is 0 Å². The fraction of sp³-hybridized carbons (Fsp3) is 0.500. The summed E-state index contributed by atoms with van der Waals surface area (Å²) < 4.78 is 0. The number of nitrogens with zero attached hydrogens (tertiary/aromatic N) is 2. The molecule has 0 aliphatic heterocycles. The minimum absolute atomic E-state index is 0.307. The van der Waals surface area contributed by atoms with Gasteiger partial charge in [0, 0.05) is 18.0 Å². The maximum Gasteiger partial charge on any atom is 0.221 e. The molecule has 0 aliphatic rings. The number of aromatic nitrogens is 2. The summed E-state index contributed by atoms with van der Waals surface area (Å²) in [6.45, 7) is 3.04. The molecule has 0 saturated carbocycles. The largest absolute Gasteiger partial charge is 0.369 e. The number of nitrogen functional groups attached to an aromatic ring is 1. The predicted octanol–water partition coefficient (Wildman–Crippen LogP) is 1.22. The number of anilines is 2. The third-order valence-electron chi connectivity index (χ3n) is 1.65. The lowest BCUT2D eigenvalue weighted by atomic mass is 10.4. The molecule has 0 aromatic carbocycles. The van der Waals surface area contributed by atoms with E-state index in [4.69, 9.17) is 5.73 Å². The SMILES string of the molecule is CSC(C)CNc1ccnc(N)n1. The molecule has 0 aliphatic carbocycles. The summed E-state index contributed by atoms with van der Waals surface area (Å²) in [4.78, 5) is 7.83. The van der Waals surface area contributed by atoms with Gasteiger partial charge in [0.05, 0.1) is 0 Å². The molecule has 4 nitrogen and oxygen atoms in total. The third-order valence-corrected chi connectivity index (χ3v) is 2.62. The molecule has 0 fully saturated rings. The van der Waals surface area contributed by atoms with Gasteiger partial charge in [0.25, 0.3) is 0 Å². The van der Waals surface area contributed by atoms with Gasteiger partial charge < -0.3 is 11.1 Å². The standard InChI is InChI=1S/C8H14N4S/c1-6(13-2)5-11-7-3-4-10-8(9)12-7/h3-4,6H,5H2,1-2H3,(H3,9,10,11,12). The van der Waals surface area contributed by atoms with Crippen LogP contribution in [0.25, 0.3) is 0 Å². The Bertz CT molecular complexity index is 266. The molecule has 0 bridgehead atoms. The molecule has 72 valence electrons. The molecule has 0 spiro atoms. The summed E-state index contributed by atoms with van der Waals surface area (Å²) in [6, 6.07) is 1.81. The van der Waals surface area contributed by atoms with E-state index in [1.165, 1.54) is 0 Å². The second-order valence-corrected chi connectivity index (χ2v) is 4.00. The Hall–Kier alpha value is -0.970. The minimum atomic E-state index is 0.307. The average Bonchev–Trinajstić information content (AvgIpc) is 2.14. The van der Waals surface area contributed by atoms with Gasteiger partial charge in [0.2, 0.25) is 5.95 Å². The van der Waals surface area contributed by atoms with E-state index in [1.54, 1.807) is 6.20 Å². The van der Waals surface area contributed by atoms with Crippen LogP contribution in [-0.4, -0.2) is 28.0 Å². The lowest BCUT2D eigenvalue weighted by molar-refractivity contribution is 0.988. The van der Waals surface area contributed by atoms with Crippen LogP contribution in [0, 0.1) is 0 Å². The molecule has 0 amide bonds. The number of hydrogen-bond donors (Lipinski definition) is 2. The van der Waals surface area contributed by atoms with E-state index in [9.17, 15) is 0 Å². The topological polar surface area (TPSA) is 63.8 Å². The maximum atomic E-state index is 5.43. The normalized spacial score (nSPS) is 12.5. The van der Waals surface area contributed by atoms with Crippen LogP contribution in [0.1, 0.15) is 6.92 Å². The monoisotopic (exact) mass is 198 g/mol. The van der Waals surface area contributed by atoms with Gasteiger partial charge in [0.15, 0.2) is 0 Å². The fourth-order valence-electron chi connectivity index (χ4n) is 0.804. The van der Waals surface area contributed by atoms with E-state index in [-0.39, 0.29) is 0 Å².